The maximum atomic E-state index is 11.1. The van der Waals surface area contributed by atoms with Gasteiger partial charge in [-0.2, -0.15) is 0 Å². The Balaban J connectivity index is 2.76. The van der Waals surface area contributed by atoms with Crippen molar-refractivity contribution in [3.8, 4) is 0 Å². The summed E-state index contributed by atoms with van der Waals surface area (Å²) in [7, 11) is -1.89. The van der Waals surface area contributed by atoms with Gasteiger partial charge in [-0.05, 0) is 24.2 Å². The molecule has 116 valence electrons. The van der Waals surface area contributed by atoms with Crippen molar-refractivity contribution in [2.75, 3.05) is 0 Å². The fourth-order valence-corrected chi connectivity index (χ4v) is 3.40. The van der Waals surface area contributed by atoms with Crippen LogP contribution in [0, 0.1) is 0 Å². The van der Waals surface area contributed by atoms with Gasteiger partial charge in [0.15, 0.2) is 8.32 Å². The van der Waals surface area contributed by atoms with Gasteiger partial charge in [-0.25, -0.2) is 0 Å². The zero-order valence-corrected chi connectivity index (χ0v) is 14.5. The third-order valence-corrected chi connectivity index (χ3v) is 8.67. The predicted molar refractivity (Wildman–Crippen MR) is 82.0 cm³/mol. The summed E-state index contributed by atoms with van der Waals surface area (Å²) in [4.78, 5) is 11.1. The molecule has 0 aromatic carbocycles. The molecule has 1 rings (SSSR count). The van der Waals surface area contributed by atoms with E-state index in [2.05, 4.69) is 33.9 Å². The van der Waals surface area contributed by atoms with Gasteiger partial charge in [-0.15, -0.1) is 0 Å². The molecule has 1 N–H and O–H groups in total. The van der Waals surface area contributed by atoms with E-state index in [0.717, 1.165) is 0 Å². The van der Waals surface area contributed by atoms with Crippen molar-refractivity contribution >= 4 is 14.3 Å². The van der Waals surface area contributed by atoms with Crippen LogP contribution in [0.15, 0.2) is 12.2 Å². The molecule has 0 aromatic heterocycles. The van der Waals surface area contributed by atoms with Crippen molar-refractivity contribution < 1.29 is 19.1 Å². The van der Waals surface area contributed by atoms with Crippen LogP contribution in [-0.2, 0) is 14.0 Å². The summed E-state index contributed by atoms with van der Waals surface area (Å²) < 4.78 is 11.6. The van der Waals surface area contributed by atoms with Crippen molar-refractivity contribution in [3.05, 3.63) is 12.2 Å². The van der Waals surface area contributed by atoms with Crippen LogP contribution in [0.4, 0.5) is 0 Å². The average Bonchev–Trinajstić information content (AvgIpc) is 2.37. The van der Waals surface area contributed by atoms with Gasteiger partial charge in [0.25, 0.3) is 0 Å². The molecule has 0 spiro atoms. The van der Waals surface area contributed by atoms with Gasteiger partial charge in [-0.1, -0.05) is 26.8 Å². The average molecular weight is 300 g/mol. The van der Waals surface area contributed by atoms with Crippen LogP contribution < -0.4 is 0 Å². The number of rotatable bonds is 3. The third kappa shape index (κ3) is 5.03. The smallest absolute Gasteiger partial charge is 0.303 e. The lowest BCUT2D eigenvalue weighted by Crippen LogP contribution is -2.45. The molecule has 5 heteroatoms. The Kier molecular flexibility index (Phi) is 5.58. The van der Waals surface area contributed by atoms with Crippen molar-refractivity contribution in [3.63, 3.8) is 0 Å². The molecule has 0 saturated heterocycles. The molecule has 0 fully saturated rings. The highest BCUT2D eigenvalue weighted by Crippen LogP contribution is 2.38. The maximum absolute atomic E-state index is 11.1. The SMILES string of the molecule is CC(=O)O[C@H]1C=C[C@@H](O)C[C@@H](O[Si](C)(C)C(C)(C)C)C1. The molecule has 0 heterocycles. The van der Waals surface area contributed by atoms with Gasteiger partial charge < -0.3 is 14.3 Å². The molecule has 0 bridgehead atoms. The lowest BCUT2D eigenvalue weighted by atomic mass is 10.1. The van der Waals surface area contributed by atoms with E-state index in [1.807, 2.05) is 0 Å². The van der Waals surface area contributed by atoms with Crippen LogP contribution in [0.1, 0.15) is 40.5 Å². The number of hydrogen-bond donors (Lipinski definition) is 1. The number of ether oxygens (including phenoxy) is 1. The zero-order valence-electron chi connectivity index (χ0n) is 13.5. The van der Waals surface area contributed by atoms with Gasteiger partial charge >= 0.3 is 5.97 Å². The largest absolute Gasteiger partial charge is 0.458 e. The van der Waals surface area contributed by atoms with Gasteiger partial charge in [0.2, 0.25) is 0 Å². The summed E-state index contributed by atoms with van der Waals surface area (Å²) in [5.41, 5.74) is 0. The molecule has 1 aliphatic carbocycles. The molecule has 0 unspecified atom stereocenters. The van der Waals surface area contributed by atoms with Gasteiger partial charge in [0, 0.05) is 19.8 Å². The third-order valence-electron chi connectivity index (χ3n) is 4.13. The number of hydrogen-bond acceptors (Lipinski definition) is 4. The van der Waals surface area contributed by atoms with Gasteiger partial charge in [-0.3, -0.25) is 4.79 Å². The molecule has 20 heavy (non-hydrogen) atoms. The van der Waals surface area contributed by atoms with Crippen LogP contribution in [0.3, 0.4) is 0 Å². The van der Waals surface area contributed by atoms with Crippen LogP contribution >= 0.6 is 0 Å². The normalized spacial score (nSPS) is 28.1. The van der Waals surface area contributed by atoms with E-state index in [9.17, 15) is 9.90 Å². The summed E-state index contributed by atoms with van der Waals surface area (Å²) in [6.45, 7) is 12.4. The number of carbonyl (C=O) groups is 1. The standard InChI is InChI=1S/C15H28O4Si/c1-11(16)18-13-8-7-12(17)9-14(10-13)19-20(5,6)15(2,3)4/h7-8,12-14,17H,9-10H2,1-6H3/t12-,13+,14-/m1/s1. The highest BCUT2D eigenvalue weighted by molar-refractivity contribution is 6.74. The minimum absolute atomic E-state index is 0.0785. The van der Waals surface area contributed by atoms with E-state index in [1.54, 1.807) is 12.2 Å². The van der Waals surface area contributed by atoms with Crippen molar-refractivity contribution in [1.29, 1.82) is 0 Å². The molecule has 0 saturated carbocycles. The lowest BCUT2D eigenvalue weighted by molar-refractivity contribution is -0.145. The summed E-state index contributed by atoms with van der Waals surface area (Å²) in [6.07, 6.45) is 3.71. The molecule has 4 nitrogen and oxygen atoms in total. The quantitative estimate of drug-likeness (QED) is 0.494. The van der Waals surface area contributed by atoms with E-state index in [-0.39, 0.29) is 23.2 Å². The summed E-state index contributed by atoms with van der Waals surface area (Å²) in [6, 6.07) is 0. The van der Waals surface area contributed by atoms with Crippen LogP contribution in [0.5, 0.6) is 0 Å². The van der Waals surface area contributed by atoms with Crippen LogP contribution in [0.2, 0.25) is 18.1 Å². The Morgan fingerprint density at radius 1 is 1.25 bits per heavy atom. The van der Waals surface area contributed by atoms with Gasteiger partial charge in [0.05, 0.1) is 12.2 Å². The minimum Gasteiger partial charge on any atom is -0.458 e. The number of aliphatic hydroxyl groups excluding tert-OH is 1. The number of esters is 1. The van der Waals surface area contributed by atoms with E-state index in [4.69, 9.17) is 9.16 Å². The van der Waals surface area contributed by atoms with Gasteiger partial charge in [0.1, 0.15) is 6.10 Å². The zero-order chi connectivity index (χ0) is 15.6. The first-order valence-electron chi connectivity index (χ1n) is 7.22. The second kappa shape index (κ2) is 6.41. The molecule has 0 radical (unpaired) electrons. The predicted octanol–water partition coefficient (Wildman–Crippen LogP) is 3.02. The van der Waals surface area contributed by atoms with E-state index in [0.29, 0.717) is 12.8 Å². The van der Waals surface area contributed by atoms with Crippen molar-refractivity contribution in [2.24, 2.45) is 0 Å². The van der Waals surface area contributed by atoms with Crippen molar-refractivity contribution in [1.82, 2.24) is 0 Å². The Hall–Kier alpha value is -0.653. The molecular weight excluding hydrogens is 272 g/mol. The summed E-state index contributed by atoms with van der Waals surface area (Å²) in [5, 5.41) is 10.0. The topological polar surface area (TPSA) is 55.8 Å². The molecular formula is C15H28O4Si. The first-order chi connectivity index (χ1) is 9.01. The second-order valence-electron chi connectivity index (χ2n) is 7.07. The summed E-state index contributed by atoms with van der Waals surface area (Å²) in [5.74, 6) is -0.304. The Bertz CT molecular complexity index is 371. The van der Waals surface area contributed by atoms with E-state index < -0.39 is 14.4 Å². The Labute approximate surface area is 123 Å². The van der Waals surface area contributed by atoms with Crippen LogP contribution in [-0.4, -0.2) is 37.7 Å². The molecule has 0 amide bonds. The second-order valence-corrected chi connectivity index (χ2v) is 11.8. The monoisotopic (exact) mass is 300 g/mol. The molecule has 0 aliphatic heterocycles. The van der Waals surface area contributed by atoms with E-state index >= 15 is 0 Å². The highest BCUT2D eigenvalue weighted by Gasteiger charge is 2.40. The first-order valence-corrected chi connectivity index (χ1v) is 10.1. The molecule has 3 atom stereocenters. The molecule has 0 aromatic rings. The Morgan fingerprint density at radius 2 is 1.85 bits per heavy atom. The highest BCUT2D eigenvalue weighted by atomic mass is 28.4. The summed E-state index contributed by atoms with van der Waals surface area (Å²) >= 11 is 0. The number of aliphatic hydroxyl groups is 1. The van der Waals surface area contributed by atoms with E-state index in [1.165, 1.54) is 6.92 Å². The fraction of sp³-hybridized carbons (Fsp3) is 0.800. The molecule has 1 aliphatic rings. The minimum atomic E-state index is -1.89. The lowest BCUT2D eigenvalue weighted by Gasteiger charge is -2.39. The first kappa shape index (κ1) is 17.4. The number of carbonyl (C=O) groups excluding carboxylic acids is 1. The fourth-order valence-electron chi connectivity index (χ4n) is 2.02. The van der Waals surface area contributed by atoms with Crippen LogP contribution in [0.25, 0.3) is 0 Å². The maximum Gasteiger partial charge on any atom is 0.303 e. The Morgan fingerprint density at radius 3 is 2.35 bits per heavy atom. The van der Waals surface area contributed by atoms with Crippen molar-refractivity contribution in [2.45, 2.75) is 77.0 Å².